The maximum atomic E-state index is 13.9. The van der Waals surface area contributed by atoms with Gasteiger partial charge in [-0.25, -0.2) is 22.8 Å². The van der Waals surface area contributed by atoms with Crippen LogP contribution in [0.4, 0.5) is 4.39 Å². The number of rotatable bonds is 4. The van der Waals surface area contributed by atoms with Crippen molar-refractivity contribution < 1.29 is 12.8 Å². The predicted octanol–water partition coefficient (Wildman–Crippen LogP) is 3.29. The molecule has 0 radical (unpaired) electrons. The fourth-order valence-electron chi connectivity index (χ4n) is 3.83. The lowest BCUT2D eigenvalue weighted by Crippen LogP contribution is -2.41. The summed E-state index contributed by atoms with van der Waals surface area (Å²) < 4.78 is 43.4. The van der Waals surface area contributed by atoms with E-state index in [9.17, 15) is 12.8 Å². The van der Waals surface area contributed by atoms with Crippen LogP contribution in [-0.4, -0.2) is 40.3 Å². The summed E-state index contributed by atoms with van der Waals surface area (Å²) in [5.74, 6) is 0.521. The molecule has 0 saturated carbocycles. The summed E-state index contributed by atoms with van der Waals surface area (Å²) in [6, 6.07) is 7.89. The Morgan fingerprint density at radius 2 is 2.07 bits per heavy atom. The molecule has 3 heterocycles. The van der Waals surface area contributed by atoms with Gasteiger partial charge in [0.2, 0.25) is 10.0 Å². The van der Waals surface area contributed by atoms with E-state index in [1.54, 1.807) is 13.1 Å². The Balaban J connectivity index is 1.57. The molecule has 4 rings (SSSR count). The Kier molecular flexibility index (Phi) is 4.93. The zero-order chi connectivity index (χ0) is 19.9. The number of halogens is 1. The van der Waals surface area contributed by atoms with Crippen molar-refractivity contribution in [1.82, 2.24) is 18.8 Å². The van der Waals surface area contributed by atoms with Crippen LogP contribution in [-0.2, 0) is 16.6 Å². The van der Waals surface area contributed by atoms with Crippen LogP contribution in [0.2, 0.25) is 0 Å². The monoisotopic (exact) mass is 402 g/mol. The average molecular weight is 402 g/mol. The fraction of sp³-hybridized carbons (Fsp3) is 0.400. The number of sulfonamides is 1. The summed E-state index contributed by atoms with van der Waals surface area (Å²) in [4.78, 5) is 8.98. The number of fused-ring (bicyclic) bond motifs is 1. The summed E-state index contributed by atoms with van der Waals surface area (Å²) in [6.07, 6.45) is 3.45. The first kappa shape index (κ1) is 19.0. The van der Waals surface area contributed by atoms with Crippen molar-refractivity contribution in [2.24, 2.45) is 5.92 Å². The molecule has 0 amide bonds. The van der Waals surface area contributed by atoms with Crippen molar-refractivity contribution in [2.45, 2.75) is 38.1 Å². The van der Waals surface area contributed by atoms with Gasteiger partial charge in [-0.1, -0.05) is 6.07 Å². The topological polar surface area (TPSA) is 68.1 Å². The van der Waals surface area contributed by atoms with Crippen LogP contribution in [0.15, 0.2) is 41.4 Å². The van der Waals surface area contributed by atoms with Crippen LogP contribution in [0.1, 0.15) is 24.2 Å². The highest BCUT2D eigenvalue weighted by Gasteiger charge is 2.31. The maximum absolute atomic E-state index is 13.9. The minimum absolute atomic E-state index is 0.0159. The number of imidazole rings is 1. The van der Waals surface area contributed by atoms with Crippen molar-refractivity contribution in [3.63, 3.8) is 0 Å². The average Bonchev–Trinajstić information content (AvgIpc) is 2.99. The van der Waals surface area contributed by atoms with Gasteiger partial charge in [0.15, 0.2) is 5.65 Å². The van der Waals surface area contributed by atoms with Crippen LogP contribution in [0, 0.1) is 25.6 Å². The molecule has 0 spiro atoms. The van der Waals surface area contributed by atoms with Gasteiger partial charge in [0, 0.05) is 25.8 Å². The molecule has 3 aromatic rings. The number of aromatic nitrogens is 3. The van der Waals surface area contributed by atoms with Crippen LogP contribution >= 0.6 is 0 Å². The van der Waals surface area contributed by atoms with Gasteiger partial charge in [-0.05, 0) is 62.4 Å². The summed E-state index contributed by atoms with van der Waals surface area (Å²) in [5, 5.41) is 0. The zero-order valence-corrected chi connectivity index (χ0v) is 16.8. The van der Waals surface area contributed by atoms with Gasteiger partial charge < -0.3 is 4.57 Å². The van der Waals surface area contributed by atoms with E-state index < -0.39 is 15.8 Å². The molecular formula is C20H23FN4O2S. The third kappa shape index (κ3) is 3.42. The second-order valence-corrected chi connectivity index (χ2v) is 9.34. The Hall–Kier alpha value is -2.32. The first-order chi connectivity index (χ1) is 13.4. The highest BCUT2D eigenvalue weighted by atomic mass is 32.2. The van der Waals surface area contributed by atoms with E-state index in [2.05, 4.69) is 14.5 Å². The second-order valence-electron chi connectivity index (χ2n) is 7.40. The normalized spacial score (nSPS) is 18.6. The standard InChI is InChI=1S/C20H23FN4O2S/c1-14-7-8-17(11-18(14)21)28(26,27)24-10-4-5-16(12-24)13-25-15(2)23-19-6-3-9-22-20(19)25/h3,6-9,11,16H,4-5,10,12-13H2,1-2H3/t16-/m0/s1. The summed E-state index contributed by atoms with van der Waals surface area (Å²) in [7, 11) is -3.71. The second kappa shape index (κ2) is 7.25. The Labute approximate surface area is 164 Å². The quantitative estimate of drug-likeness (QED) is 0.672. The number of nitrogens with zero attached hydrogens (tertiary/aromatic N) is 4. The number of hydrogen-bond acceptors (Lipinski definition) is 4. The third-order valence-corrected chi connectivity index (χ3v) is 7.26. The van der Waals surface area contributed by atoms with E-state index in [0.717, 1.165) is 35.9 Å². The lowest BCUT2D eigenvalue weighted by atomic mass is 9.99. The van der Waals surface area contributed by atoms with Crippen molar-refractivity contribution in [1.29, 1.82) is 0 Å². The van der Waals surface area contributed by atoms with Gasteiger partial charge in [0.05, 0.1) is 4.90 Å². The maximum Gasteiger partial charge on any atom is 0.243 e. The third-order valence-electron chi connectivity index (χ3n) is 5.40. The molecule has 2 aromatic heterocycles. The Morgan fingerprint density at radius 3 is 2.86 bits per heavy atom. The minimum atomic E-state index is -3.71. The van der Waals surface area contributed by atoms with Crippen molar-refractivity contribution in [3.05, 3.63) is 53.7 Å². The van der Waals surface area contributed by atoms with E-state index in [0.29, 0.717) is 25.2 Å². The van der Waals surface area contributed by atoms with Gasteiger partial charge in [-0.2, -0.15) is 4.31 Å². The fourth-order valence-corrected chi connectivity index (χ4v) is 5.39. The number of hydrogen-bond donors (Lipinski definition) is 0. The highest BCUT2D eigenvalue weighted by molar-refractivity contribution is 7.89. The molecule has 28 heavy (non-hydrogen) atoms. The molecule has 0 unspecified atom stereocenters. The molecule has 1 aromatic carbocycles. The first-order valence-electron chi connectivity index (χ1n) is 9.40. The molecule has 0 aliphatic carbocycles. The molecule has 1 fully saturated rings. The number of aryl methyl sites for hydroxylation is 2. The van der Waals surface area contributed by atoms with Crippen LogP contribution in [0.5, 0.6) is 0 Å². The van der Waals surface area contributed by atoms with Crippen molar-refractivity contribution >= 4 is 21.2 Å². The summed E-state index contributed by atoms with van der Waals surface area (Å²) >= 11 is 0. The molecule has 1 aliphatic rings. The summed E-state index contributed by atoms with van der Waals surface area (Å²) in [5.41, 5.74) is 2.10. The number of pyridine rings is 1. The van der Waals surface area contributed by atoms with Crippen molar-refractivity contribution in [2.75, 3.05) is 13.1 Å². The van der Waals surface area contributed by atoms with Gasteiger partial charge >= 0.3 is 0 Å². The molecule has 1 atom stereocenters. The number of piperidine rings is 1. The van der Waals surface area contributed by atoms with E-state index >= 15 is 0 Å². The molecule has 0 bridgehead atoms. The van der Waals surface area contributed by atoms with Gasteiger partial charge in [0.25, 0.3) is 0 Å². The molecule has 1 saturated heterocycles. The molecular weight excluding hydrogens is 379 g/mol. The first-order valence-corrected chi connectivity index (χ1v) is 10.8. The van der Waals surface area contributed by atoms with E-state index in [1.807, 2.05) is 19.1 Å². The van der Waals surface area contributed by atoms with E-state index in [1.165, 1.54) is 16.4 Å². The largest absolute Gasteiger partial charge is 0.313 e. The van der Waals surface area contributed by atoms with E-state index in [-0.39, 0.29) is 10.8 Å². The smallest absolute Gasteiger partial charge is 0.243 e. The zero-order valence-electron chi connectivity index (χ0n) is 16.0. The molecule has 8 heteroatoms. The summed E-state index contributed by atoms with van der Waals surface area (Å²) in [6.45, 7) is 5.08. The lowest BCUT2D eigenvalue weighted by molar-refractivity contribution is 0.245. The minimum Gasteiger partial charge on any atom is -0.313 e. The lowest BCUT2D eigenvalue weighted by Gasteiger charge is -2.32. The molecule has 0 N–H and O–H groups in total. The van der Waals surface area contributed by atoms with Gasteiger partial charge in [-0.15, -0.1) is 0 Å². The Morgan fingerprint density at radius 1 is 1.25 bits per heavy atom. The van der Waals surface area contributed by atoms with E-state index in [4.69, 9.17) is 0 Å². The predicted molar refractivity (Wildman–Crippen MR) is 105 cm³/mol. The van der Waals surface area contributed by atoms with Gasteiger partial charge in [0.1, 0.15) is 17.2 Å². The van der Waals surface area contributed by atoms with Crippen LogP contribution in [0.3, 0.4) is 0 Å². The van der Waals surface area contributed by atoms with Gasteiger partial charge in [-0.3, -0.25) is 0 Å². The molecule has 148 valence electrons. The molecule has 1 aliphatic heterocycles. The number of benzene rings is 1. The SMILES string of the molecule is Cc1ccc(S(=O)(=O)N2CCC[C@H](Cn3c(C)nc4cccnc43)C2)cc1F. The van der Waals surface area contributed by atoms with Crippen LogP contribution < -0.4 is 0 Å². The van der Waals surface area contributed by atoms with Crippen LogP contribution in [0.25, 0.3) is 11.2 Å². The highest BCUT2D eigenvalue weighted by Crippen LogP contribution is 2.27. The van der Waals surface area contributed by atoms with Crippen molar-refractivity contribution in [3.8, 4) is 0 Å². The Bertz CT molecular complexity index is 1130. The molecule has 6 nitrogen and oxygen atoms in total.